The van der Waals surface area contributed by atoms with Crippen LogP contribution in [-0.4, -0.2) is 59.0 Å². The van der Waals surface area contributed by atoms with Gasteiger partial charge in [0.25, 0.3) is 0 Å². The van der Waals surface area contributed by atoms with Crippen molar-refractivity contribution in [3.05, 3.63) is 48.3 Å². The van der Waals surface area contributed by atoms with Gasteiger partial charge < -0.3 is 9.84 Å². The smallest absolute Gasteiger partial charge is 0.240 e. The molecule has 142 valence electrons. The third-order valence-electron chi connectivity index (χ3n) is 3.62. The molecular weight excluding hydrogens is 372 g/mol. The Kier molecular flexibility index (Phi) is 5.74. The van der Waals surface area contributed by atoms with Gasteiger partial charge in [-0.15, -0.1) is 10.2 Å². The van der Waals surface area contributed by atoms with Gasteiger partial charge in [-0.2, -0.15) is 4.80 Å². The SMILES string of the molecule is COc1ccc(Cn2nnc(-c3ccc(S(=O)(=O)NCCO)cc3)n2)nc1. The fraction of sp³-hybridized carbons (Fsp3) is 0.250. The Morgan fingerprint density at radius 2 is 1.96 bits per heavy atom. The van der Waals surface area contributed by atoms with E-state index in [9.17, 15) is 8.42 Å². The van der Waals surface area contributed by atoms with Crippen molar-refractivity contribution in [2.45, 2.75) is 11.4 Å². The van der Waals surface area contributed by atoms with Crippen molar-refractivity contribution in [2.75, 3.05) is 20.3 Å². The van der Waals surface area contributed by atoms with Crippen LogP contribution in [0.1, 0.15) is 5.69 Å². The maximum absolute atomic E-state index is 12.0. The topological polar surface area (TPSA) is 132 Å². The summed E-state index contributed by atoms with van der Waals surface area (Å²) in [7, 11) is -2.08. The molecular formula is C16H18N6O4S. The van der Waals surface area contributed by atoms with Crippen molar-refractivity contribution in [3.63, 3.8) is 0 Å². The number of pyridine rings is 1. The number of tetrazole rings is 1. The summed E-state index contributed by atoms with van der Waals surface area (Å²) in [6, 6.07) is 9.69. The molecule has 0 aliphatic rings. The van der Waals surface area contributed by atoms with E-state index in [0.29, 0.717) is 23.7 Å². The molecule has 10 nitrogen and oxygen atoms in total. The van der Waals surface area contributed by atoms with Gasteiger partial charge in [0.05, 0.1) is 30.5 Å². The summed E-state index contributed by atoms with van der Waals surface area (Å²) in [6.07, 6.45) is 1.61. The van der Waals surface area contributed by atoms with Gasteiger partial charge in [-0.25, -0.2) is 13.1 Å². The summed E-state index contributed by atoms with van der Waals surface area (Å²) >= 11 is 0. The maximum Gasteiger partial charge on any atom is 0.240 e. The van der Waals surface area contributed by atoms with E-state index in [2.05, 4.69) is 25.1 Å². The number of aliphatic hydroxyl groups excluding tert-OH is 1. The number of methoxy groups -OCH3 is 1. The summed E-state index contributed by atoms with van der Waals surface area (Å²) in [5.74, 6) is 1.03. The number of ether oxygens (including phenoxy) is 1. The average molecular weight is 390 g/mol. The molecule has 0 radical (unpaired) electrons. The molecule has 27 heavy (non-hydrogen) atoms. The van der Waals surface area contributed by atoms with Gasteiger partial charge in [0, 0.05) is 12.1 Å². The highest BCUT2D eigenvalue weighted by atomic mass is 32.2. The first-order chi connectivity index (χ1) is 13.0. The van der Waals surface area contributed by atoms with Crippen LogP contribution in [-0.2, 0) is 16.6 Å². The molecule has 0 aliphatic heterocycles. The van der Waals surface area contributed by atoms with E-state index in [0.717, 1.165) is 5.69 Å². The van der Waals surface area contributed by atoms with Crippen molar-refractivity contribution in [2.24, 2.45) is 0 Å². The normalized spacial score (nSPS) is 11.5. The summed E-state index contributed by atoms with van der Waals surface area (Å²) in [4.78, 5) is 5.74. The molecule has 3 aromatic rings. The first-order valence-electron chi connectivity index (χ1n) is 7.99. The number of aliphatic hydroxyl groups is 1. The van der Waals surface area contributed by atoms with E-state index in [4.69, 9.17) is 9.84 Å². The molecule has 0 atom stereocenters. The van der Waals surface area contributed by atoms with Gasteiger partial charge in [0.2, 0.25) is 15.8 Å². The predicted octanol–water partition coefficient (Wildman–Crippen LogP) is 0.0626. The van der Waals surface area contributed by atoms with Gasteiger partial charge >= 0.3 is 0 Å². The van der Waals surface area contributed by atoms with E-state index in [-0.39, 0.29) is 18.0 Å². The number of hydrogen-bond acceptors (Lipinski definition) is 8. The fourth-order valence-corrected chi connectivity index (χ4v) is 3.26. The highest BCUT2D eigenvalue weighted by Gasteiger charge is 2.14. The molecule has 0 spiro atoms. The van der Waals surface area contributed by atoms with Crippen LogP contribution >= 0.6 is 0 Å². The Morgan fingerprint density at radius 3 is 2.59 bits per heavy atom. The molecule has 11 heteroatoms. The molecule has 0 saturated carbocycles. The maximum atomic E-state index is 12.0. The van der Waals surface area contributed by atoms with Crippen molar-refractivity contribution < 1.29 is 18.3 Å². The molecule has 0 aliphatic carbocycles. The van der Waals surface area contributed by atoms with E-state index >= 15 is 0 Å². The Morgan fingerprint density at radius 1 is 1.19 bits per heavy atom. The largest absolute Gasteiger partial charge is 0.495 e. The average Bonchev–Trinajstić information content (AvgIpc) is 3.15. The van der Waals surface area contributed by atoms with Gasteiger partial charge in [0.15, 0.2) is 0 Å². The molecule has 0 fully saturated rings. The third-order valence-corrected chi connectivity index (χ3v) is 5.09. The molecule has 2 N–H and O–H groups in total. The van der Waals surface area contributed by atoms with Gasteiger partial charge in [-0.3, -0.25) is 4.98 Å². The minimum absolute atomic E-state index is 0.0423. The van der Waals surface area contributed by atoms with Crippen LogP contribution in [0.5, 0.6) is 5.75 Å². The summed E-state index contributed by atoms with van der Waals surface area (Å²) < 4.78 is 31.4. The Bertz CT molecular complexity index is 987. The Balaban J connectivity index is 1.72. The fourth-order valence-electron chi connectivity index (χ4n) is 2.24. The van der Waals surface area contributed by atoms with E-state index in [1.54, 1.807) is 37.6 Å². The van der Waals surface area contributed by atoms with Gasteiger partial charge in [-0.1, -0.05) is 0 Å². The second-order valence-corrected chi connectivity index (χ2v) is 7.25. The third kappa shape index (κ3) is 4.64. The van der Waals surface area contributed by atoms with Crippen molar-refractivity contribution in [3.8, 4) is 17.1 Å². The summed E-state index contributed by atoms with van der Waals surface area (Å²) in [5, 5.41) is 21.0. The number of sulfonamides is 1. The van der Waals surface area contributed by atoms with E-state index < -0.39 is 10.0 Å². The molecule has 2 heterocycles. The Labute approximate surface area is 155 Å². The number of nitrogens with zero attached hydrogens (tertiary/aromatic N) is 5. The first-order valence-corrected chi connectivity index (χ1v) is 9.48. The van der Waals surface area contributed by atoms with Crippen LogP contribution in [0.15, 0.2) is 47.5 Å². The molecule has 1 aromatic carbocycles. The molecule has 0 unspecified atom stereocenters. The standard InChI is InChI=1S/C16H18N6O4S/c1-26-14-5-4-13(17-10-14)11-22-20-16(19-21-22)12-2-6-15(7-3-12)27(24,25)18-8-9-23/h2-7,10,18,23H,8-9,11H2,1H3. The van der Waals surface area contributed by atoms with Crippen molar-refractivity contribution in [1.82, 2.24) is 29.9 Å². The quantitative estimate of drug-likeness (QED) is 0.552. The molecule has 2 aromatic heterocycles. The second-order valence-electron chi connectivity index (χ2n) is 5.48. The van der Waals surface area contributed by atoms with Crippen LogP contribution in [0.4, 0.5) is 0 Å². The zero-order valence-electron chi connectivity index (χ0n) is 14.5. The van der Waals surface area contributed by atoms with E-state index in [1.165, 1.54) is 16.9 Å². The van der Waals surface area contributed by atoms with Gasteiger partial charge in [0.1, 0.15) is 12.3 Å². The molecule has 0 amide bonds. The number of aromatic nitrogens is 5. The van der Waals surface area contributed by atoms with Gasteiger partial charge in [-0.05, 0) is 41.6 Å². The lowest BCUT2D eigenvalue weighted by atomic mass is 10.2. The Hall–Kier alpha value is -2.89. The monoisotopic (exact) mass is 390 g/mol. The number of rotatable bonds is 8. The zero-order valence-corrected chi connectivity index (χ0v) is 15.3. The van der Waals surface area contributed by atoms with Crippen LogP contribution in [0.2, 0.25) is 0 Å². The van der Waals surface area contributed by atoms with Crippen LogP contribution in [0.3, 0.4) is 0 Å². The summed E-state index contributed by atoms with van der Waals surface area (Å²) in [5.41, 5.74) is 1.38. The van der Waals surface area contributed by atoms with Crippen LogP contribution in [0, 0.1) is 0 Å². The number of nitrogens with one attached hydrogen (secondary N) is 1. The highest BCUT2D eigenvalue weighted by molar-refractivity contribution is 7.89. The number of hydrogen-bond donors (Lipinski definition) is 2. The zero-order chi connectivity index (χ0) is 19.3. The molecule has 3 rings (SSSR count). The minimum atomic E-state index is -3.65. The van der Waals surface area contributed by atoms with Crippen LogP contribution < -0.4 is 9.46 Å². The van der Waals surface area contributed by atoms with E-state index in [1.807, 2.05) is 0 Å². The minimum Gasteiger partial charge on any atom is -0.495 e. The lowest BCUT2D eigenvalue weighted by Crippen LogP contribution is -2.26. The predicted molar refractivity (Wildman–Crippen MR) is 95.4 cm³/mol. The lowest BCUT2D eigenvalue weighted by molar-refractivity contribution is 0.301. The van der Waals surface area contributed by atoms with Crippen molar-refractivity contribution in [1.29, 1.82) is 0 Å². The van der Waals surface area contributed by atoms with Crippen LogP contribution in [0.25, 0.3) is 11.4 Å². The molecule has 0 bridgehead atoms. The number of benzene rings is 1. The lowest BCUT2D eigenvalue weighted by Gasteiger charge is -2.05. The first kappa shape index (κ1) is 18.9. The second kappa shape index (κ2) is 8.20. The van der Waals surface area contributed by atoms with Crippen molar-refractivity contribution >= 4 is 10.0 Å². The highest BCUT2D eigenvalue weighted by Crippen LogP contribution is 2.17. The summed E-state index contributed by atoms with van der Waals surface area (Å²) in [6.45, 7) is 0.0291. The molecule has 0 saturated heterocycles.